The van der Waals surface area contributed by atoms with Gasteiger partial charge in [-0.25, -0.2) is 0 Å². The first-order valence-corrected chi connectivity index (χ1v) is 11.6. The number of hydrogen-bond donors (Lipinski definition) is 1. The number of benzene rings is 2. The number of carbonyl (C=O) groups is 1. The molecule has 1 heterocycles. The monoisotopic (exact) mass is 454 g/mol. The molecule has 170 valence electrons. The van der Waals surface area contributed by atoms with Crippen molar-refractivity contribution >= 4 is 17.7 Å². The summed E-state index contributed by atoms with van der Waals surface area (Å²) in [5.41, 5.74) is 2.93. The van der Waals surface area contributed by atoms with Gasteiger partial charge in [-0.15, -0.1) is 10.2 Å². The van der Waals surface area contributed by atoms with Gasteiger partial charge >= 0.3 is 0 Å². The molecule has 3 aromatic rings. The summed E-state index contributed by atoms with van der Waals surface area (Å²) in [6.07, 6.45) is 0.985. The van der Waals surface area contributed by atoms with E-state index in [9.17, 15) is 4.79 Å². The molecule has 1 aromatic heterocycles. The Balaban J connectivity index is 1.77. The van der Waals surface area contributed by atoms with Crippen LogP contribution in [0.2, 0.25) is 0 Å². The maximum atomic E-state index is 12.3. The van der Waals surface area contributed by atoms with Gasteiger partial charge in [0.15, 0.2) is 11.0 Å². The topological polar surface area (TPSA) is 78.3 Å². The highest BCUT2D eigenvalue weighted by Crippen LogP contribution is 2.33. The van der Waals surface area contributed by atoms with E-state index >= 15 is 0 Å². The van der Waals surface area contributed by atoms with Crippen molar-refractivity contribution in [2.45, 2.75) is 38.5 Å². The van der Waals surface area contributed by atoms with Crippen molar-refractivity contribution in [1.82, 2.24) is 20.1 Å². The van der Waals surface area contributed by atoms with Crippen LogP contribution in [0.3, 0.4) is 0 Å². The van der Waals surface area contributed by atoms with E-state index in [1.165, 1.54) is 11.8 Å². The zero-order valence-electron chi connectivity index (χ0n) is 19.0. The SMILES string of the molecule is COc1ccccc1-c1nnc(SCC(=O)NCCCOC(C)C)n1-c1ccc(C)cc1. The van der Waals surface area contributed by atoms with Crippen molar-refractivity contribution in [3.8, 4) is 22.8 Å². The van der Waals surface area contributed by atoms with Gasteiger partial charge in [0.1, 0.15) is 5.75 Å². The number of nitrogens with one attached hydrogen (secondary N) is 1. The third-order valence-electron chi connectivity index (χ3n) is 4.70. The third-order valence-corrected chi connectivity index (χ3v) is 5.63. The van der Waals surface area contributed by atoms with Crippen LogP contribution in [0.4, 0.5) is 0 Å². The highest BCUT2D eigenvalue weighted by molar-refractivity contribution is 7.99. The minimum Gasteiger partial charge on any atom is -0.496 e. The number of methoxy groups -OCH3 is 1. The van der Waals surface area contributed by atoms with Crippen LogP contribution in [0.5, 0.6) is 5.75 Å². The molecule has 0 bridgehead atoms. The van der Waals surface area contributed by atoms with E-state index < -0.39 is 0 Å². The van der Waals surface area contributed by atoms with Gasteiger partial charge in [0.05, 0.1) is 24.5 Å². The highest BCUT2D eigenvalue weighted by atomic mass is 32.2. The second-order valence-corrected chi connectivity index (χ2v) is 8.53. The van der Waals surface area contributed by atoms with E-state index in [-0.39, 0.29) is 17.8 Å². The smallest absolute Gasteiger partial charge is 0.230 e. The minimum absolute atomic E-state index is 0.0446. The van der Waals surface area contributed by atoms with Gasteiger partial charge in [0, 0.05) is 18.8 Å². The Morgan fingerprint density at radius 3 is 2.59 bits per heavy atom. The fourth-order valence-electron chi connectivity index (χ4n) is 3.09. The summed E-state index contributed by atoms with van der Waals surface area (Å²) in [6, 6.07) is 15.8. The van der Waals surface area contributed by atoms with Crippen molar-refractivity contribution in [3.63, 3.8) is 0 Å². The maximum absolute atomic E-state index is 12.3. The molecule has 0 atom stereocenters. The molecular formula is C24H30N4O3S. The van der Waals surface area contributed by atoms with Crippen LogP contribution in [-0.4, -0.2) is 52.8 Å². The van der Waals surface area contributed by atoms with Crippen LogP contribution in [0.15, 0.2) is 53.7 Å². The molecule has 0 spiro atoms. The van der Waals surface area contributed by atoms with Gasteiger partial charge < -0.3 is 14.8 Å². The van der Waals surface area contributed by atoms with E-state index in [4.69, 9.17) is 9.47 Å². The standard InChI is InChI=1S/C24H30N4O3S/c1-17(2)31-15-7-14-25-22(29)16-32-24-27-26-23(20-8-5-6-9-21(20)30-4)28(24)19-12-10-18(3)11-13-19/h5-6,8-13,17H,7,14-16H2,1-4H3,(H,25,29). The zero-order chi connectivity index (χ0) is 22.9. The van der Waals surface area contributed by atoms with Crippen molar-refractivity contribution in [2.24, 2.45) is 0 Å². The fraction of sp³-hybridized carbons (Fsp3) is 0.375. The van der Waals surface area contributed by atoms with Crippen LogP contribution < -0.4 is 10.1 Å². The molecule has 0 unspecified atom stereocenters. The Morgan fingerprint density at radius 1 is 1.12 bits per heavy atom. The quantitative estimate of drug-likeness (QED) is 0.344. The lowest BCUT2D eigenvalue weighted by molar-refractivity contribution is -0.118. The van der Waals surface area contributed by atoms with E-state index in [0.717, 1.165) is 23.2 Å². The predicted molar refractivity (Wildman–Crippen MR) is 128 cm³/mol. The van der Waals surface area contributed by atoms with E-state index in [0.29, 0.717) is 29.9 Å². The molecule has 0 aliphatic heterocycles. The molecule has 0 fully saturated rings. The summed E-state index contributed by atoms with van der Waals surface area (Å²) >= 11 is 1.36. The van der Waals surface area contributed by atoms with Gasteiger partial charge in [0.25, 0.3) is 0 Å². The summed E-state index contributed by atoms with van der Waals surface area (Å²) in [4.78, 5) is 12.3. The summed E-state index contributed by atoms with van der Waals surface area (Å²) < 4.78 is 13.0. The van der Waals surface area contributed by atoms with Crippen LogP contribution in [-0.2, 0) is 9.53 Å². The van der Waals surface area contributed by atoms with Crippen LogP contribution in [0.1, 0.15) is 25.8 Å². The molecule has 1 amide bonds. The molecule has 7 nitrogen and oxygen atoms in total. The average Bonchev–Trinajstić information content (AvgIpc) is 3.21. The largest absolute Gasteiger partial charge is 0.496 e. The number of amides is 1. The lowest BCUT2D eigenvalue weighted by Crippen LogP contribution is -2.27. The fourth-order valence-corrected chi connectivity index (χ4v) is 3.88. The number of nitrogens with zero attached hydrogens (tertiary/aromatic N) is 3. The normalized spacial score (nSPS) is 11.0. The first-order chi connectivity index (χ1) is 15.5. The molecule has 0 saturated heterocycles. The first kappa shape index (κ1) is 23.8. The third kappa shape index (κ3) is 6.34. The molecule has 32 heavy (non-hydrogen) atoms. The van der Waals surface area contributed by atoms with Gasteiger partial charge in [-0.3, -0.25) is 9.36 Å². The number of hydrogen-bond acceptors (Lipinski definition) is 6. The predicted octanol–water partition coefficient (Wildman–Crippen LogP) is 4.27. The maximum Gasteiger partial charge on any atom is 0.230 e. The molecule has 0 radical (unpaired) electrons. The number of aryl methyl sites for hydroxylation is 1. The molecule has 0 aliphatic carbocycles. The second-order valence-electron chi connectivity index (χ2n) is 7.59. The van der Waals surface area contributed by atoms with Gasteiger partial charge in [0.2, 0.25) is 5.91 Å². The molecule has 0 saturated carbocycles. The molecule has 3 rings (SSSR count). The second kappa shape index (κ2) is 11.7. The van der Waals surface area contributed by atoms with Crippen LogP contribution in [0, 0.1) is 6.92 Å². The molecular weight excluding hydrogens is 424 g/mol. The van der Waals surface area contributed by atoms with Crippen molar-refractivity contribution in [3.05, 3.63) is 54.1 Å². The molecule has 0 aliphatic rings. The first-order valence-electron chi connectivity index (χ1n) is 10.7. The summed E-state index contributed by atoms with van der Waals surface area (Å²) in [7, 11) is 1.64. The Kier molecular flexibility index (Phi) is 8.70. The average molecular weight is 455 g/mol. The summed E-state index contributed by atoms with van der Waals surface area (Å²) in [5.74, 6) is 1.59. The number of thioether (sulfide) groups is 1. The van der Waals surface area contributed by atoms with Crippen molar-refractivity contribution in [2.75, 3.05) is 26.0 Å². The lowest BCUT2D eigenvalue weighted by Gasteiger charge is -2.13. The van der Waals surface area contributed by atoms with Crippen LogP contribution >= 0.6 is 11.8 Å². The Morgan fingerprint density at radius 2 is 1.88 bits per heavy atom. The number of carbonyl (C=O) groups excluding carboxylic acids is 1. The summed E-state index contributed by atoms with van der Waals surface area (Å²) in [6.45, 7) is 7.26. The Hall–Kier alpha value is -2.84. The molecule has 1 N–H and O–H groups in total. The zero-order valence-corrected chi connectivity index (χ0v) is 19.8. The van der Waals surface area contributed by atoms with Crippen molar-refractivity contribution in [1.29, 1.82) is 0 Å². The van der Waals surface area contributed by atoms with Gasteiger partial charge in [-0.1, -0.05) is 41.6 Å². The van der Waals surface area contributed by atoms with Gasteiger partial charge in [-0.05, 0) is 51.5 Å². The van der Waals surface area contributed by atoms with E-state index in [1.807, 2.05) is 73.9 Å². The summed E-state index contributed by atoms with van der Waals surface area (Å²) in [5, 5.41) is 12.4. The highest BCUT2D eigenvalue weighted by Gasteiger charge is 2.19. The molecule has 8 heteroatoms. The van der Waals surface area contributed by atoms with E-state index in [1.54, 1.807) is 7.11 Å². The number of aromatic nitrogens is 3. The van der Waals surface area contributed by atoms with Crippen LogP contribution in [0.25, 0.3) is 17.1 Å². The number of para-hydroxylation sites is 1. The van der Waals surface area contributed by atoms with Gasteiger partial charge in [-0.2, -0.15) is 0 Å². The van der Waals surface area contributed by atoms with Crippen molar-refractivity contribution < 1.29 is 14.3 Å². The minimum atomic E-state index is -0.0446. The lowest BCUT2D eigenvalue weighted by atomic mass is 10.1. The Bertz CT molecular complexity index is 1020. The molecule has 2 aromatic carbocycles. The van der Waals surface area contributed by atoms with E-state index in [2.05, 4.69) is 15.5 Å². The number of ether oxygens (including phenoxy) is 2. The Labute approximate surface area is 193 Å². The number of rotatable bonds is 11.